The molecule has 0 aliphatic heterocycles. The predicted molar refractivity (Wildman–Crippen MR) is 70.9 cm³/mol. The highest BCUT2D eigenvalue weighted by atomic mass is 16.5. The van der Waals surface area contributed by atoms with Crippen molar-refractivity contribution in [2.45, 2.75) is 52.4 Å². The lowest BCUT2D eigenvalue weighted by molar-refractivity contribution is -0.130. The van der Waals surface area contributed by atoms with Gasteiger partial charge in [0.05, 0.1) is 11.7 Å². The monoisotopic (exact) mass is 236 g/mol. The zero-order valence-corrected chi connectivity index (χ0v) is 11.5. The number of ether oxygens (including phenoxy) is 1. The van der Waals surface area contributed by atoms with Crippen LogP contribution >= 0.6 is 0 Å². The van der Waals surface area contributed by atoms with Crippen LogP contribution in [-0.4, -0.2) is 16.8 Å². The Kier molecular flexibility index (Phi) is 4.72. The molecule has 1 N–H and O–H groups in total. The maximum Gasteiger partial charge on any atom is 0.105 e. The van der Waals surface area contributed by atoms with E-state index in [4.69, 9.17) is 4.74 Å². The van der Waals surface area contributed by atoms with Gasteiger partial charge < -0.3 is 9.84 Å². The summed E-state index contributed by atoms with van der Waals surface area (Å²) in [6.07, 6.45) is -0.757. The molecule has 0 bridgehead atoms. The molecule has 1 aromatic rings. The normalized spacial score (nSPS) is 15.9. The second-order valence-electron chi connectivity index (χ2n) is 5.79. The molecule has 0 spiro atoms. The standard InChI is InChI=1S/C15H24O2/c1-11(2)14(17-15(3,4)5)13(16)12-9-7-6-8-10-12/h6-11,13-14,16H,1-5H3. The fourth-order valence-electron chi connectivity index (χ4n) is 1.81. The number of rotatable bonds is 4. The molecule has 1 aromatic carbocycles. The molecule has 0 fully saturated rings. The second-order valence-corrected chi connectivity index (χ2v) is 5.79. The van der Waals surface area contributed by atoms with Crippen LogP contribution < -0.4 is 0 Å². The molecule has 2 heteroatoms. The first-order chi connectivity index (χ1) is 7.81. The topological polar surface area (TPSA) is 29.5 Å². The third kappa shape index (κ3) is 4.49. The molecule has 0 amide bonds. The summed E-state index contributed by atoms with van der Waals surface area (Å²) in [6, 6.07) is 9.70. The van der Waals surface area contributed by atoms with E-state index in [1.54, 1.807) is 0 Å². The van der Waals surface area contributed by atoms with Crippen molar-refractivity contribution in [2.24, 2.45) is 5.92 Å². The molecule has 0 saturated heterocycles. The van der Waals surface area contributed by atoms with Crippen LogP contribution in [0.5, 0.6) is 0 Å². The van der Waals surface area contributed by atoms with Crippen LogP contribution in [0, 0.1) is 5.92 Å². The Labute approximate surface area is 105 Å². The van der Waals surface area contributed by atoms with E-state index in [0.717, 1.165) is 5.56 Å². The number of benzene rings is 1. The average Bonchev–Trinajstić information content (AvgIpc) is 2.25. The Bertz CT molecular complexity index is 325. The van der Waals surface area contributed by atoms with Crippen LogP contribution in [-0.2, 0) is 4.74 Å². The first-order valence-corrected chi connectivity index (χ1v) is 6.22. The van der Waals surface area contributed by atoms with Crippen LogP contribution in [0.3, 0.4) is 0 Å². The molecule has 96 valence electrons. The van der Waals surface area contributed by atoms with Crippen molar-refractivity contribution in [1.82, 2.24) is 0 Å². The summed E-state index contributed by atoms with van der Waals surface area (Å²) in [5.41, 5.74) is 0.667. The third-order valence-electron chi connectivity index (χ3n) is 2.60. The van der Waals surface area contributed by atoms with Crippen LogP contribution in [0.2, 0.25) is 0 Å². The van der Waals surface area contributed by atoms with Gasteiger partial charge in [-0.25, -0.2) is 0 Å². The SMILES string of the molecule is CC(C)C(OC(C)(C)C)C(O)c1ccccc1. The summed E-state index contributed by atoms with van der Waals surface area (Å²) < 4.78 is 5.97. The summed E-state index contributed by atoms with van der Waals surface area (Å²) in [5, 5.41) is 10.4. The molecule has 0 aliphatic rings. The van der Waals surface area contributed by atoms with Crippen LogP contribution in [0.4, 0.5) is 0 Å². The summed E-state index contributed by atoms with van der Waals surface area (Å²) in [7, 11) is 0. The summed E-state index contributed by atoms with van der Waals surface area (Å²) >= 11 is 0. The smallest absolute Gasteiger partial charge is 0.105 e. The Balaban J connectivity index is 2.85. The van der Waals surface area contributed by atoms with Crippen LogP contribution in [0.25, 0.3) is 0 Å². The van der Waals surface area contributed by atoms with Gasteiger partial charge in [0.1, 0.15) is 6.10 Å². The van der Waals surface area contributed by atoms with Crippen molar-refractivity contribution < 1.29 is 9.84 Å². The Morgan fingerprint density at radius 1 is 1.06 bits per heavy atom. The van der Waals surface area contributed by atoms with E-state index in [0.29, 0.717) is 0 Å². The largest absolute Gasteiger partial charge is 0.386 e. The van der Waals surface area contributed by atoms with E-state index in [-0.39, 0.29) is 17.6 Å². The average molecular weight is 236 g/mol. The molecule has 0 heterocycles. The highest BCUT2D eigenvalue weighted by Gasteiger charge is 2.29. The summed E-state index contributed by atoms with van der Waals surface area (Å²) in [4.78, 5) is 0. The maximum absolute atomic E-state index is 10.4. The van der Waals surface area contributed by atoms with E-state index in [1.807, 2.05) is 51.1 Å². The summed E-state index contributed by atoms with van der Waals surface area (Å²) in [5.74, 6) is 0.268. The second kappa shape index (κ2) is 5.65. The van der Waals surface area contributed by atoms with E-state index < -0.39 is 6.10 Å². The quantitative estimate of drug-likeness (QED) is 0.866. The molecule has 0 aromatic heterocycles. The molecular formula is C15H24O2. The van der Waals surface area contributed by atoms with Crippen molar-refractivity contribution >= 4 is 0 Å². The Morgan fingerprint density at radius 2 is 1.59 bits per heavy atom. The van der Waals surface area contributed by atoms with Crippen LogP contribution in [0.1, 0.15) is 46.3 Å². The van der Waals surface area contributed by atoms with Crippen molar-refractivity contribution in [2.75, 3.05) is 0 Å². The molecule has 0 saturated carbocycles. The van der Waals surface area contributed by atoms with Gasteiger partial charge in [-0.15, -0.1) is 0 Å². The first-order valence-electron chi connectivity index (χ1n) is 6.22. The zero-order valence-electron chi connectivity index (χ0n) is 11.5. The van der Waals surface area contributed by atoms with Crippen LogP contribution in [0.15, 0.2) is 30.3 Å². The Morgan fingerprint density at radius 3 is 2.00 bits per heavy atom. The summed E-state index contributed by atoms with van der Waals surface area (Å²) in [6.45, 7) is 10.2. The highest BCUT2D eigenvalue weighted by molar-refractivity contribution is 5.18. The lowest BCUT2D eigenvalue weighted by Crippen LogP contribution is -2.35. The van der Waals surface area contributed by atoms with Gasteiger partial charge in [0, 0.05) is 0 Å². The van der Waals surface area contributed by atoms with Gasteiger partial charge in [-0.1, -0.05) is 44.2 Å². The van der Waals surface area contributed by atoms with Gasteiger partial charge in [0.15, 0.2) is 0 Å². The molecule has 2 nitrogen and oxygen atoms in total. The fourth-order valence-corrected chi connectivity index (χ4v) is 1.81. The lowest BCUT2D eigenvalue weighted by atomic mass is 9.95. The minimum atomic E-state index is -0.574. The minimum absolute atomic E-state index is 0.183. The van der Waals surface area contributed by atoms with E-state index in [2.05, 4.69) is 13.8 Å². The van der Waals surface area contributed by atoms with E-state index in [1.165, 1.54) is 0 Å². The fraction of sp³-hybridized carbons (Fsp3) is 0.600. The molecule has 0 radical (unpaired) electrons. The number of hydrogen-bond donors (Lipinski definition) is 1. The number of aliphatic hydroxyl groups is 1. The van der Waals surface area contributed by atoms with Gasteiger partial charge >= 0.3 is 0 Å². The highest BCUT2D eigenvalue weighted by Crippen LogP contribution is 2.28. The number of aliphatic hydroxyl groups excluding tert-OH is 1. The van der Waals surface area contributed by atoms with E-state index >= 15 is 0 Å². The first kappa shape index (κ1) is 14.2. The Hall–Kier alpha value is -0.860. The molecule has 1 rings (SSSR count). The van der Waals surface area contributed by atoms with Crippen molar-refractivity contribution in [3.8, 4) is 0 Å². The molecule has 17 heavy (non-hydrogen) atoms. The van der Waals surface area contributed by atoms with Crippen molar-refractivity contribution in [3.63, 3.8) is 0 Å². The van der Waals surface area contributed by atoms with Gasteiger partial charge in [-0.2, -0.15) is 0 Å². The maximum atomic E-state index is 10.4. The minimum Gasteiger partial charge on any atom is -0.386 e. The molecule has 2 unspecified atom stereocenters. The van der Waals surface area contributed by atoms with Gasteiger partial charge in [-0.05, 0) is 32.3 Å². The zero-order chi connectivity index (χ0) is 13.1. The molecule has 2 atom stereocenters. The molecular weight excluding hydrogens is 212 g/mol. The van der Waals surface area contributed by atoms with Gasteiger partial charge in [0.2, 0.25) is 0 Å². The predicted octanol–water partition coefficient (Wildman–Crippen LogP) is 3.56. The molecule has 0 aliphatic carbocycles. The van der Waals surface area contributed by atoms with Gasteiger partial charge in [0.25, 0.3) is 0 Å². The van der Waals surface area contributed by atoms with E-state index in [9.17, 15) is 5.11 Å². The van der Waals surface area contributed by atoms with Gasteiger partial charge in [-0.3, -0.25) is 0 Å². The number of hydrogen-bond acceptors (Lipinski definition) is 2. The van der Waals surface area contributed by atoms with Crippen molar-refractivity contribution in [3.05, 3.63) is 35.9 Å². The lowest BCUT2D eigenvalue weighted by Gasteiger charge is -2.33. The van der Waals surface area contributed by atoms with Crippen molar-refractivity contribution in [1.29, 1.82) is 0 Å². The third-order valence-corrected chi connectivity index (χ3v) is 2.60.